The van der Waals surface area contributed by atoms with Crippen LogP contribution in [0.4, 0.5) is 14.9 Å². The molecule has 3 aromatic rings. The number of nitrogens with zero attached hydrogens (tertiary/aromatic N) is 1. The fourth-order valence-electron chi connectivity index (χ4n) is 3.20. The van der Waals surface area contributed by atoms with Gasteiger partial charge in [0.2, 0.25) is 0 Å². The first-order chi connectivity index (χ1) is 13.5. The van der Waals surface area contributed by atoms with Crippen molar-refractivity contribution in [2.24, 2.45) is 0 Å². The summed E-state index contributed by atoms with van der Waals surface area (Å²) in [5, 5.41) is 13.5. The zero-order valence-electron chi connectivity index (χ0n) is 14.2. The molecule has 7 nitrogen and oxygen atoms in total. The normalized spacial score (nSPS) is 15.8. The van der Waals surface area contributed by atoms with Crippen molar-refractivity contribution in [1.82, 2.24) is 10.3 Å². The van der Waals surface area contributed by atoms with Gasteiger partial charge >= 0.3 is 0 Å². The highest BCUT2D eigenvalue weighted by molar-refractivity contribution is 8.18. The Labute approximate surface area is 161 Å². The number of non-ortho nitro benzene ring substituents is 1. The van der Waals surface area contributed by atoms with Crippen molar-refractivity contribution in [2.45, 2.75) is 6.42 Å². The SMILES string of the molecule is O=C1NC(=O)C(=C(Cc2ccccc2F)c2c[nH]c3cccc([N+](=O)[O-])c23)S1. The third kappa shape index (κ3) is 3.05. The number of H-pyrrole nitrogens is 1. The number of carbonyl (C=O) groups excluding carboxylic acids is 2. The van der Waals surface area contributed by atoms with Crippen LogP contribution in [0.3, 0.4) is 0 Å². The number of hydrogen-bond donors (Lipinski definition) is 2. The average Bonchev–Trinajstić information content (AvgIpc) is 3.23. The molecule has 0 bridgehead atoms. The van der Waals surface area contributed by atoms with Gasteiger partial charge in [0, 0.05) is 24.2 Å². The maximum absolute atomic E-state index is 14.3. The summed E-state index contributed by atoms with van der Waals surface area (Å²) in [7, 11) is 0. The van der Waals surface area contributed by atoms with E-state index in [4.69, 9.17) is 0 Å². The number of halogens is 1. The van der Waals surface area contributed by atoms with E-state index in [1.165, 1.54) is 18.3 Å². The number of hydrogen-bond acceptors (Lipinski definition) is 5. The molecule has 0 spiro atoms. The molecular weight excluding hydrogens is 385 g/mol. The lowest BCUT2D eigenvalue weighted by Gasteiger charge is -2.10. The Balaban J connectivity index is 1.98. The number of fused-ring (bicyclic) bond motifs is 1. The van der Waals surface area contributed by atoms with E-state index in [0.717, 1.165) is 0 Å². The predicted octanol–water partition coefficient (Wildman–Crippen LogP) is 4.15. The average molecular weight is 397 g/mol. The number of benzene rings is 2. The van der Waals surface area contributed by atoms with Crippen molar-refractivity contribution in [1.29, 1.82) is 0 Å². The van der Waals surface area contributed by atoms with Crippen LogP contribution in [0.15, 0.2) is 53.6 Å². The van der Waals surface area contributed by atoms with Crippen LogP contribution in [0.5, 0.6) is 0 Å². The number of allylic oxidation sites excluding steroid dienone is 1. The summed E-state index contributed by atoms with van der Waals surface area (Å²) in [6.07, 6.45) is 1.53. The highest BCUT2D eigenvalue weighted by atomic mass is 32.2. The van der Waals surface area contributed by atoms with Crippen LogP contribution in [0.1, 0.15) is 11.1 Å². The summed E-state index contributed by atoms with van der Waals surface area (Å²) >= 11 is 0.702. The van der Waals surface area contributed by atoms with Crippen LogP contribution >= 0.6 is 11.8 Å². The third-order valence-electron chi connectivity index (χ3n) is 4.42. The van der Waals surface area contributed by atoms with E-state index in [2.05, 4.69) is 10.3 Å². The van der Waals surface area contributed by atoms with Crippen LogP contribution in [-0.4, -0.2) is 21.1 Å². The van der Waals surface area contributed by atoms with Crippen LogP contribution < -0.4 is 5.32 Å². The zero-order valence-corrected chi connectivity index (χ0v) is 15.0. The summed E-state index contributed by atoms with van der Waals surface area (Å²) in [6.45, 7) is 0. The Morgan fingerprint density at radius 1 is 1.14 bits per heavy atom. The van der Waals surface area contributed by atoms with E-state index >= 15 is 0 Å². The summed E-state index contributed by atoms with van der Waals surface area (Å²) in [4.78, 5) is 38.1. The number of aromatic amines is 1. The lowest BCUT2D eigenvalue weighted by molar-refractivity contribution is -0.383. The van der Waals surface area contributed by atoms with Crippen LogP contribution in [0.2, 0.25) is 0 Å². The number of imide groups is 1. The Morgan fingerprint density at radius 2 is 1.93 bits per heavy atom. The smallest absolute Gasteiger partial charge is 0.290 e. The lowest BCUT2D eigenvalue weighted by Crippen LogP contribution is -2.18. The number of carbonyl (C=O) groups is 2. The molecule has 9 heteroatoms. The van der Waals surface area contributed by atoms with Gasteiger partial charge in [0.15, 0.2) is 0 Å². The fraction of sp³-hybridized carbons (Fsp3) is 0.0526. The second-order valence-electron chi connectivity index (χ2n) is 6.08. The van der Waals surface area contributed by atoms with E-state index in [9.17, 15) is 24.1 Å². The number of thioether (sulfide) groups is 1. The summed E-state index contributed by atoms with van der Waals surface area (Å²) < 4.78 is 14.3. The molecule has 2 heterocycles. The van der Waals surface area contributed by atoms with Crippen LogP contribution in [-0.2, 0) is 11.2 Å². The van der Waals surface area contributed by atoms with Crippen molar-refractivity contribution >= 4 is 45.1 Å². The van der Waals surface area contributed by atoms with Crippen molar-refractivity contribution in [3.63, 3.8) is 0 Å². The number of nitro benzene ring substituents is 1. The topological polar surface area (TPSA) is 105 Å². The quantitative estimate of drug-likeness (QED) is 0.391. The largest absolute Gasteiger partial charge is 0.360 e. The first kappa shape index (κ1) is 17.9. The second-order valence-corrected chi connectivity index (χ2v) is 7.06. The van der Waals surface area contributed by atoms with Crippen molar-refractivity contribution in [3.05, 3.63) is 80.6 Å². The molecular formula is C19H12FN3O4S. The molecule has 1 aromatic heterocycles. The van der Waals surface area contributed by atoms with Gasteiger partial charge in [-0.3, -0.25) is 25.0 Å². The molecule has 1 aliphatic rings. The Hall–Kier alpha value is -3.46. The predicted molar refractivity (Wildman–Crippen MR) is 103 cm³/mol. The number of amides is 2. The molecule has 140 valence electrons. The van der Waals surface area contributed by atoms with Gasteiger partial charge in [-0.1, -0.05) is 24.3 Å². The van der Waals surface area contributed by atoms with Gasteiger partial charge in [-0.2, -0.15) is 0 Å². The van der Waals surface area contributed by atoms with Gasteiger partial charge in [0.25, 0.3) is 16.8 Å². The minimum absolute atomic E-state index is 0.00525. The standard InChI is InChI=1S/C19H12FN3O4S/c20-13-5-2-1-4-10(13)8-11(17-18(24)22-19(25)28-17)12-9-21-14-6-3-7-15(16(12)14)23(26)27/h1-7,9,21H,8H2,(H,22,24,25). The molecule has 2 aromatic carbocycles. The summed E-state index contributed by atoms with van der Waals surface area (Å²) in [6, 6.07) is 10.6. The summed E-state index contributed by atoms with van der Waals surface area (Å²) in [5.74, 6) is -1.07. The molecule has 1 fully saturated rings. The number of aromatic nitrogens is 1. The second kappa shape index (κ2) is 6.93. The Bertz CT molecular complexity index is 1180. The highest BCUT2D eigenvalue weighted by Gasteiger charge is 2.31. The van der Waals surface area contributed by atoms with Gasteiger partial charge < -0.3 is 4.98 Å². The van der Waals surface area contributed by atoms with Gasteiger partial charge in [-0.15, -0.1) is 0 Å². The molecule has 2 amide bonds. The molecule has 28 heavy (non-hydrogen) atoms. The number of rotatable bonds is 4. The van der Waals surface area contributed by atoms with E-state index in [-0.39, 0.29) is 17.0 Å². The van der Waals surface area contributed by atoms with E-state index in [1.807, 2.05) is 0 Å². The van der Waals surface area contributed by atoms with Crippen LogP contribution in [0.25, 0.3) is 16.5 Å². The third-order valence-corrected chi connectivity index (χ3v) is 5.34. The van der Waals surface area contributed by atoms with Crippen molar-refractivity contribution in [3.8, 4) is 0 Å². The van der Waals surface area contributed by atoms with E-state index in [0.29, 0.717) is 39.4 Å². The molecule has 0 radical (unpaired) electrons. The minimum Gasteiger partial charge on any atom is -0.360 e. The first-order valence-corrected chi connectivity index (χ1v) is 9.02. The Kier molecular flexibility index (Phi) is 4.44. The van der Waals surface area contributed by atoms with Gasteiger partial charge in [-0.25, -0.2) is 4.39 Å². The highest BCUT2D eigenvalue weighted by Crippen LogP contribution is 2.39. The van der Waals surface area contributed by atoms with Crippen molar-refractivity contribution < 1.29 is 18.9 Å². The van der Waals surface area contributed by atoms with E-state index < -0.39 is 21.9 Å². The molecule has 0 saturated carbocycles. The van der Waals surface area contributed by atoms with Gasteiger partial charge in [0.1, 0.15) is 5.82 Å². The van der Waals surface area contributed by atoms with Gasteiger partial charge in [-0.05, 0) is 35.0 Å². The maximum Gasteiger partial charge on any atom is 0.290 e. The van der Waals surface area contributed by atoms with Crippen LogP contribution in [0, 0.1) is 15.9 Å². The van der Waals surface area contributed by atoms with Gasteiger partial charge in [0.05, 0.1) is 20.7 Å². The number of nitrogens with one attached hydrogen (secondary N) is 2. The molecule has 0 unspecified atom stereocenters. The molecule has 0 atom stereocenters. The first-order valence-electron chi connectivity index (χ1n) is 8.20. The van der Waals surface area contributed by atoms with Crippen molar-refractivity contribution in [2.75, 3.05) is 0 Å². The number of nitro groups is 1. The lowest BCUT2D eigenvalue weighted by atomic mass is 9.96. The minimum atomic E-state index is -0.603. The zero-order chi connectivity index (χ0) is 19.8. The monoisotopic (exact) mass is 397 g/mol. The van der Waals surface area contributed by atoms with E-state index in [1.54, 1.807) is 30.3 Å². The maximum atomic E-state index is 14.3. The Morgan fingerprint density at radius 3 is 2.61 bits per heavy atom. The molecule has 2 N–H and O–H groups in total. The molecule has 1 saturated heterocycles. The fourth-order valence-corrected chi connectivity index (χ4v) is 3.98. The molecule has 1 aliphatic heterocycles. The summed E-state index contributed by atoms with van der Waals surface area (Å²) in [5.41, 5.74) is 1.41. The molecule has 4 rings (SSSR count). The molecule has 0 aliphatic carbocycles.